The molecule has 3 aliphatic rings. The van der Waals surface area contributed by atoms with Crippen LogP contribution in [0.25, 0.3) is 11.1 Å². The van der Waals surface area contributed by atoms with Crippen molar-refractivity contribution in [2.24, 2.45) is 5.41 Å². The van der Waals surface area contributed by atoms with Gasteiger partial charge < -0.3 is 25.0 Å². The molecule has 5 rings (SSSR count). The Balaban J connectivity index is 1.44. The fourth-order valence-corrected chi connectivity index (χ4v) is 6.92. The molecule has 0 bridgehead atoms. The van der Waals surface area contributed by atoms with Gasteiger partial charge in [-0.1, -0.05) is 38.1 Å². The molecule has 9 heteroatoms. The van der Waals surface area contributed by atoms with Crippen LogP contribution < -0.4 is 10.2 Å². The van der Waals surface area contributed by atoms with Gasteiger partial charge in [0.15, 0.2) is 5.78 Å². The van der Waals surface area contributed by atoms with E-state index in [2.05, 4.69) is 36.2 Å². The largest absolute Gasteiger partial charge is 0.465 e. The van der Waals surface area contributed by atoms with Crippen LogP contribution in [0.3, 0.4) is 0 Å². The fraction of sp³-hybridized carbons (Fsp3) is 0.519. The third kappa shape index (κ3) is 5.13. The lowest BCUT2D eigenvalue weighted by Crippen LogP contribution is -2.38. The Bertz CT molecular complexity index is 1180. The summed E-state index contributed by atoms with van der Waals surface area (Å²) in [5.41, 5.74) is 4.12. The van der Waals surface area contributed by atoms with Crippen LogP contribution in [0.2, 0.25) is 0 Å². The lowest BCUT2D eigenvalue weighted by atomic mass is 9.75. The van der Waals surface area contributed by atoms with Crippen molar-refractivity contribution in [1.82, 2.24) is 10.2 Å². The highest BCUT2D eigenvalue weighted by molar-refractivity contribution is 7.19. The number of thiophene rings is 1. The molecule has 0 saturated carbocycles. The maximum Gasteiger partial charge on any atom is 0.404 e. The highest BCUT2D eigenvalue weighted by atomic mass is 32.1. The Kier molecular flexibility index (Phi) is 6.78. The molecule has 0 unspecified atom stereocenters. The van der Waals surface area contributed by atoms with Gasteiger partial charge in [-0.05, 0) is 34.9 Å². The van der Waals surface area contributed by atoms with Gasteiger partial charge in [0, 0.05) is 38.2 Å². The Labute approximate surface area is 215 Å². The maximum absolute atomic E-state index is 13.1. The first-order valence-electron chi connectivity index (χ1n) is 12.6. The SMILES string of the molecule is CC1(C)CC(=O)c2sc(N3CCOCC3)c(-c3cccc(CC(=O)N4CC[C@H](NC(=O)O)C4)c3)c2C1. The molecule has 8 nitrogen and oxygen atoms in total. The van der Waals surface area contributed by atoms with E-state index in [9.17, 15) is 14.4 Å². The predicted molar refractivity (Wildman–Crippen MR) is 139 cm³/mol. The molecule has 1 aromatic carbocycles. The molecule has 1 atom stereocenters. The van der Waals surface area contributed by atoms with Gasteiger partial charge in [-0.2, -0.15) is 0 Å². The average molecular weight is 512 g/mol. The molecular weight excluding hydrogens is 478 g/mol. The Morgan fingerprint density at radius 1 is 1.19 bits per heavy atom. The van der Waals surface area contributed by atoms with Crippen LogP contribution in [0.4, 0.5) is 9.80 Å². The van der Waals surface area contributed by atoms with Crippen molar-refractivity contribution in [3.63, 3.8) is 0 Å². The highest BCUT2D eigenvalue weighted by Crippen LogP contribution is 2.49. The van der Waals surface area contributed by atoms with Crippen molar-refractivity contribution in [2.75, 3.05) is 44.3 Å². The first kappa shape index (κ1) is 24.8. The highest BCUT2D eigenvalue weighted by Gasteiger charge is 2.37. The number of carbonyl (C=O) groups excluding carboxylic acids is 2. The van der Waals surface area contributed by atoms with E-state index in [0.29, 0.717) is 39.1 Å². The van der Waals surface area contributed by atoms with Crippen LogP contribution in [0.15, 0.2) is 24.3 Å². The zero-order chi connectivity index (χ0) is 25.4. The second-order valence-electron chi connectivity index (χ2n) is 10.8. The molecule has 2 amide bonds. The number of hydrogen-bond donors (Lipinski definition) is 2. The van der Waals surface area contributed by atoms with Gasteiger partial charge in [0.2, 0.25) is 5.91 Å². The molecule has 2 fully saturated rings. The monoisotopic (exact) mass is 511 g/mol. The number of likely N-dealkylation sites (tertiary alicyclic amines) is 1. The van der Waals surface area contributed by atoms with Gasteiger partial charge in [0.1, 0.15) is 0 Å². The molecule has 1 aromatic heterocycles. The minimum Gasteiger partial charge on any atom is -0.465 e. The van der Waals surface area contributed by atoms with Crippen molar-refractivity contribution in [1.29, 1.82) is 0 Å². The van der Waals surface area contributed by atoms with Crippen LogP contribution in [0.1, 0.15) is 47.5 Å². The van der Waals surface area contributed by atoms with Gasteiger partial charge in [-0.15, -0.1) is 11.3 Å². The van der Waals surface area contributed by atoms with E-state index in [1.807, 2.05) is 12.1 Å². The third-order valence-corrected chi connectivity index (χ3v) is 8.61. The smallest absolute Gasteiger partial charge is 0.404 e. The van der Waals surface area contributed by atoms with Gasteiger partial charge in [0.25, 0.3) is 0 Å². The maximum atomic E-state index is 13.1. The summed E-state index contributed by atoms with van der Waals surface area (Å²) in [4.78, 5) is 42.0. The van der Waals surface area contributed by atoms with Gasteiger partial charge in [-0.3, -0.25) is 9.59 Å². The summed E-state index contributed by atoms with van der Waals surface area (Å²) in [5.74, 6) is 0.218. The number of carboxylic acid groups (broad SMARTS) is 1. The quantitative estimate of drug-likeness (QED) is 0.633. The van der Waals surface area contributed by atoms with Crippen LogP contribution in [-0.2, 0) is 22.4 Å². The number of amides is 2. The minimum absolute atomic E-state index is 0.00102. The standard InChI is InChI=1S/C27H33N3O5S/c1-27(2)14-20-23(25(29-8-10-35-11-9-29)36-24(20)21(31)15-27)18-5-3-4-17(12-18)13-22(32)30-7-6-19(16-30)28-26(33)34/h3-5,12,19,28H,6-11,13-16H2,1-2H3,(H,33,34)/t19-/m0/s1. The summed E-state index contributed by atoms with van der Waals surface area (Å²) in [5, 5.41) is 12.6. The number of nitrogens with one attached hydrogen (secondary N) is 1. The van der Waals surface area contributed by atoms with Crippen molar-refractivity contribution >= 4 is 34.1 Å². The topological polar surface area (TPSA) is 99.2 Å². The summed E-state index contributed by atoms with van der Waals surface area (Å²) >= 11 is 1.61. The van der Waals surface area contributed by atoms with E-state index in [4.69, 9.17) is 9.84 Å². The van der Waals surface area contributed by atoms with Crippen molar-refractivity contribution in [3.05, 3.63) is 40.3 Å². The zero-order valence-corrected chi connectivity index (χ0v) is 21.7. The van der Waals surface area contributed by atoms with Gasteiger partial charge >= 0.3 is 6.09 Å². The molecule has 0 radical (unpaired) electrons. The Morgan fingerprint density at radius 2 is 1.97 bits per heavy atom. The number of anilines is 1. The molecule has 3 heterocycles. The van der Waals surface area contributed by atoms with E-state index in [1.54, 1.807) is 16.2 Å². The molecule has 192 valence electrons. The number of carbonyl (C=O) groups is 3. The number of benzene rings is 1. The summed E-state index contributed by atoms with van der Waals surface area (Å²) < 4.78 is 5.58. The van der Waals surface area contributed by atoms with Crippen molar-refractivity contribution in [3.8, 4) is 11.1 Å². The molecule has 2 N–H and O–H groups in total. The first-order valence-corrected chi connectivity index (χ1v) is 13.4. The summed E-state index contributed by atoms with van der Waals surface area (Å²) in [6, 6.07) is 7.90. The molecule has 0 spiro atoms. The number of hydrogen-bond acceptors (Lipinski definition) is 6. The molecule has 36 heavy (non-hydrogen) atoms. The number of morpholine rings is 1. The van der Waals surface area contributed by atoms with Crippen molar-refractivity contribution in [2.45, 2.75) is 45.6 Å². The summed E-state index contributed by atoms with van der Waals surface area (Å²) in [7, 11) is 0. The van der Waals surface area contributed by atoms with E-state index < -0.39 is 6.09 Å². The van der Waals surface area contributed by atoms with Crippen LogP contribution in [0, 0.1) is 5.41 Å². The van der Waals surface area contributed by atoms with E-state index >= 15 is 0 Å². The molecule has 1 aliphatic carbocycles. The number of ether oxygens (including phenoxy) is 1. The summed E-state index contributed by atoms with van der Waals surface area (Å²) in [6.07, 6.45) is 1.24. The fourth-order valence-electron chi connectivity index (χ4n) is 5.59. The Hall–Kier alpha value is -2.91. The Morgan fingerprint density at radius 3 is 2.72 bits per heavy atom. The first-order chi connectivity index (χ1) is 17.2. The number of ketones is 1. The van der Waals surface area contributed by atoms with Crippen LogP contribution in [-0.4, -0.2) is 73.2 Å². The average Bonchev–Trinajstić information content (AvgIpc) is 3.44. The number of fused-ring (bicyclic) bond motifs is 1. The normalized spacial score (nSPS) is 21.4. The van der Waals surface area contributed by atoms with Crippen LogP contribution in [0.5, 0.6) is 0 Å². The number of rotatable bonds is 5. The summed E-state index contributed by atoms with van der Waals surface area (Å²) in [6.45, 7) is 8.20. The third-order valence-electron chi connectivity index (χ3n) is 7.27. The van der Waals surface area contributed by atoms with E-state index in [1.165, 1.54) is 0 Å². The lowest BCUT2D eigenvalue weighted by Gasteiger charge is -2.30. The second-order valence-corrected chi connectivity index (χ2v) is 11.8. The van der Waals surface area contributed by atoms with Gasteiger partial charge in [0.05, 0.1) is 35.6 Å². The number of Topliss-reactive ketones (excluding diaryl/α,β-unsaturated/α-hetero) is 1. The molecule has 2 aromatic rings. The predicted octanol–water partition coefficient (Wildman–Crippen LogP) is 3.82. The van der Waals surface area contributed by atoms with Crippen LogP contribution >= 0.6 is 11.3 Å². The number of nitrogens with zero attached hydrogens (tertiary/aromatic N) is 2. The molecule has 2 aliphatic heterocycles. The van der Waals surface area contributed by atoms with Crippen molar-refractivity contribution < 1.29 is 24.2 Å². The second kappa shape index (κ2) is 9.86. The minimum atomic E-state index is -1.06. The zero-order valence-electron chi connectivity index (χ0n) is 20.8. The van der Waals surface area contributed by atoms with E-state index in [-0.39, 0.29) is 29.6 Å². The van der Waals surface area contributed by atoms with E-state index in [0.717, 1.165) is 51.6 Å². The van der Waals surface area contributed by atoms with Gasteiger partial charge in [-0.25, -0.2) is 4.79 Å². The molecular formula is C27H33N3O5S. The molecule has 2 saturated heterocycles. The lowest BCUT2D eigenvalue weighted by molar-refractivity contribution is -0.129.